The number of amides is 1. The summed E-state index contributed by atoms with van der Waals surface area (Å²) in [6.07, 6.45) is 1.32. The lowest BCUT2D eigenvalue weighted by Gasteiger charge is -2.31. The number of benzene rings is 1. The van der Waals surface area contributed by atoms with Crippen molar-refractivity contribution >= 4 is 40.5 Å². The average molecular weight is 288 g/mol. The summed E-state index contributed by atoms with van der Waals surface area (Å²) in [7, 11) is 1.79. The molecule has 0 saturated carbocycles. The van der Waals surface area contributed by atoms with E-state index < -0.39 is 0 Å². The smallest absolute Gasteiger partial charge is 0.222 e. The predicted molar refractivity (Wildman–Crippen MR) is 75.2 cm³/mol. The van der Waals surface area contributed by atoms with Crippen molar-refractivity contribution in [2.24, 2.45) is 0 Å². The minimum atomic E-state index is 0.159. The summed E-state index contributed by atoms with van der Waals surface area (Å²) < 4.78 is 0. The molecule has 3 N–H and O–H groups in total. The van der Waals surface area contributed by atoms with E-state index in [1.165, 1.54) is 0 Å². The van der Waals surface area contributed by atoms with E-state index in [0.717, 1.165) is 6.42 Å². The lowest BCUT2D eigenvalue weighted by Crippen LogP contribution is -2.43. The van der Waals surface area contributed by atoms with Gasteiger partial charge in [-0.15, -0.1) is 0 Å². The Morgan fingerprint density at radius 3 is 2.56 bits per heavy atom. The highest BCUT2D eigenvalue weighted by molar-refractivity contribution is 6.39. The van der Waals surface area contributed by atoms with Gasteiger partial charge in [0.1, 0.15) is 0 Å². The number of hydrogen-bond acceptors (Lipinski definition) is 3. The van der Waals surface area contributed by atoms with Crippen molar-refractivity contribution < 1.29 is 4.79 Å². The van der Waals surface area contributed by atoms with E-state index in [1.807, 2.05) is 0 Å². The molecule has 98 valence electrons. The van der Waals surface area contributed by atoms with Gasteiger partial charge in [0.15, 0.2) is 0 Å². The van der Waals surface area contributed by atoms with E-state index >= 15 is 0 Å². The lowest BCUT2D eigenvalue weighted by molar-refractivity contribution is -0.132. The largest absolute Gasteiger partial charge is 0.399 e. The molecule has 1 aromatic carbocycles. The zero-order valence-electron chi connectivity index (χ0n) is 10.0. The van der Waals surface area contributed by atoms with Gasteiger partial charge >= 0.3 is 0 Å². The van der Waals surface area contributed by atoms with Crippen LogP contribution in [-0.4, -0.2) is 30.4 Å². The maximum Gasteiger partial charge on any atom is 0.222 e. The van der Waals surface area contributed by atoms with Crippen LogP contribution in [-0.2, 0) is 4.79 Å². The number of hydrogen-bond donors (Lipinski definition) is 2. The third-order valence-electron chi connectivity index (χ3n) is 3.04. The summed E-state index contributed by atoms with van der Waals surface area (Å²) >= 11 is 12.2. The van der Waals surface area contributed by atoms with Gasteiger partial charge < -0.3 is 16.0 Å². The van der Waals surface area contributed by atoms with Crippen molar-refractivity contribution in [2.75, 3.05) is 24.6 Å². The second-order valence-electron chi connectivity index (χ2n) is 4.51. The molecule has 1 unspecified atom stereocenters. The van der Waals surface area contributed by atoms with Crippen molar-refractivity contribution in [3.05, 3.63) is 22.2 Å². The Bertz CT molecular complexity index is 455. The van der Waals surface area contributed by atoms with Gasteiger partial charge in [-0.3, -0.25) is 4.79 Å². The van der Waals surface area contributed by atoms with Crippen molar-refractivity contribution in [3.63, 3.8) is 0 Å². The topological polar surface area (TPSA) is 58.4 Å². The maximum atomic E-state index is 11.4. The van der Waals surface area contributed by atoms with Crippen LogP contribution in [0.2, 0.25) is 10.0 Å². The number of nitrogen functional groups attached to an aromatic ring is 1. The van der Waals surface area contributed by atoms with Crippen LogP contribution in [0.3, 0.4) is 0 Å². The number of anilines is 2. The van der Waals surface area contributed by atoms with Crippen LogP contribution < -0.4 is 11.1 Å². The Balaban J connectivity index is 2.13. The normalized spacial score (nSPS) is 20.1. The highest BCUT2D eigenvalue weighted by Gasteiger charge is 2.23. The SMILES string of the molecule is CN1CC(Nc2c(Cl)cc(N)cc2Cl)CCC1=O. The van der Waals surface area contributed by atoms with Gasteiger partial charge in [-0.25, -0.2) is 0 Å². The van der Waals surface area contributed by atoms with Gasteiger partial charge in [0, 0.05) is 31.7 Å². The van der Waals surface area contributed by atoms with Crippen LogP contribution in [0.4, 0.5) is 11.4 Å². The van der Waals surface area contributed by atoms with Crippen molar-refractivity contribution in [1.82, 2.24) is 4.90 Å². The van der Waals surface area contributed by atoms with Gasteiger partial charge in [-0.1, -0.05) is 23.2 Å². The summed E-state index contributed by atoms with van der Waals surface area (Å²) in [5, 5.41) is 4.28. The molecule has 18 heavy (non-hydrogen) atoms. The highest BCUT2D eigenvalue weighted by Crippen LogP contribution is 2.34. The first-order valence-electron chi connectivity index (χ1n) is 5.72. The summed E-state index contributed by atoms with van der Waals surface area (Å²) in [5.74, 6) is 0.169. The quantitative estimate of drug-likeness (QED) is 0.822. The molecule has 0 bridgehead atoms. The third kappa shape index (κ3) is 2.82. The number of piperidine rings is 1. The molecule has 1 heterocycles. The van der Waals surface area contributed by atoms with E-state index in [9.17, 15) is 4.79 Å². The van der Waals surface area contributed by atoms with E-state index in [2.05, 4.69) is 5.32 Å². The van der Waals surface area contributed by atoms with Crippen LogP contribution in [0.25, 0.3) is 0 Å². The molecule has 1 aromatic rings. The van der Waals surface area contributed by atoms with Crippen molar-refractivity contribution in [2.45, 2.75) is 18.9 Å². The van der Waals surface area contributed by atoms with Crippen LogP contribution in [0.5, 0.6) is 0 Å². The van der Waals surface area contributed by atoms with E-state index in [-0.39, 0.29) is 11.9 Å². The molecule has 4 nitrogen and oxygen atoms in total. The van der Waals surface area contributed by atoms with E-state index in [1.54, 1.807) is 24.1 Å². The Labute approximate surface area is 116 Å². The fourth-order valence-electron chi connectivity index (χ4n) is 2.06. The number of nitrogens with two attached hydrogens (primary N) is 1. The minimum Gasteiger partial charge on any atom is -0.399 e. The second-order valence-corrected chi connectivity index (χ2v) is 5.33. The fourth-order valence-corrected chi connectivity index (χ4v) is 2.68. The zero-order valence-corrected chi connectivity index (χ0v) is 11.6. The first-order valence-corrected chi connectivity index (χ1v) is 6.48. The number of rotatable bonds is 2. The predicted octanol–water partition coefficient (Wildman–Crippen LogP) is 2.61. The molecule has 0 radical (unpaired) electrons. The number of carbonyl (C=O) groups is 1. The zero-order chi connectivity index (χ0) is 13.3. The molecule has 1 atom stereocenters. The summed E-state index contributed by atoms with van der Waals surface area (Å²) in [4.78, 5) is 13.1. The Morgan fingerprint density at radius 2 is 2.00 bits per heavy atom. The molecule has 6 heteroatoms. The van der Waals surface area contributed by atoms with Crippen molar-refractivity contribution in [1.29, 1.82) is 0 Å². The maximum absolute atomic E-state index is 11.4. The fraction of sp³-hybridized carbons (Fsp3) is 0.417. The van der Waals surface area contributed by atoms with Gasteiger partial charge in [0.25, 0.3) is 0 Å². The number of nitrogens with zero attached hydrogens (tertiary/aromatic N) is 1. The van der Waals surface area contributed by atoms with Crippen molar-refractivity contribution in [3.8, 4) is 0 Å². The molecule has 1 aliphatic heterocycles. The molecule has 0 spiro atoms. The first-order chi connectivity index (χ1) is 8.47. The van der Waals surface area contributed by atoms with Crippen LogP contribution in [0, 0.1) is 0 Å². The monoisotopic (exact) mass is 287 g/mol. The van der Waals surface area contributed by atoms with Crippen LogP contribution in [0.15, 0.2) is 12.1 Å². The molecule has 2 rings (SSSR count). The highest BCUT2D eigenvalue weighted by atomic mass is 35.5. The molecule has 1 fully saturated rings. The number of likely N-dealkylation sites (N-methyl/N-ethyl adjacent to an activating group) is 1. The van der Waals surface area contributed by atoms with Gasteiger partial charge in [-0.05, 0) is 18.6 Å². The number of halogens is 2. The summed E-state index contributed by atoms with van der Waals surface area (Å²) in [6.45, 7) is 0.649. The average Bonchev–Trinajstić information content (AvgIpc) is 2.28. The third-order valence-corrected chi connectivity index (χ3v) is 3.64. The molecular weight excluding hydrogens is 273 g/mol. The minimum absolute atomic E-state index is 0.159. The summed E-state index contributed by atoms with van der Waals surface area (Å²) in [6, 6.07) is 3.48. The first kappa shape index (κ1) is 13.3. The number of nitrogens with one attached hydrogen (secondary N) is 1. The lowest BCUT2D eigenvalue weighted by atomic mass is 10.1. The Kier molecular flexibility index (Phi) is 3.88. The van der Waals surface area contributed by atoms with Gasteiger partial charge in [-0.2, -0.15) is 0 Å². The Morgan fingerprint density at radius 1 is 1.39 bits per heavy atom. The van der Waals surface area contributed by atoms with E-state index in [4.69, 9.17) is 28.9 Å². The second kappa shape index (κ2) is 5.24. The molecule has 0 aromatic heterocycles. The Hall–Kier alpha value is -1.13. The number of likely N-dealkylation sites (tertiary alicyclic amines) is 1. The number of carbonyl (C=O) groups excluding carboxylic acids is 1. The standard InChI is InChI=1S/C12H15Cl2N3O/c1-17-6-8(2-3-11(17)18)16-12-9(13)4-7(15)5-10(12)14/h4-5,8,16H,2-3,6,15H2,1H3. The van der Waals surface area contributed by atoms with Crippen LogP contribution in [0.1, 0.15) is 12.8 Å². The van der Waals surface area contributed by atoms with Gasteiger partial charge in [0.2, 0.25) is 5.91 Å². The van der Waals surface area contributed by atoms with Gasteiger partial charge in [0.05, 0.1) is 15.7 Å². The molecule has 1 saturated heterocycles. The molecule has 1 amide bonds. The van der Waals surface area contributed by atoms with E-state index in [0.29, 0.717) is 34.4 Å². The van der Waals surface area contributed by atoms with Crippen LogP contribution >= 0.6 is 23.2 Å². The molecule has 0 aliphatic carbocycles. The molecular formula is C12H15Cl2N3O. The molecule has 1 aliphatic rings. The summed E-state index contributed by atoms with van der Waals surface area (Å²) in [5.41, 5.74) is 6.87.